The van der Waals surface area contributed by atoms with E-state index in [9.17, 15) is 4.79 Å². The quantitative estimate of drug-likeness (QED) is 0.781. The summed E-state index contributed by atoms with van der Waals surface area (Å²) < 4.78 is 2.77. The van der Waals surface area contributed by atoms with Gasteiger partial charge in [0, 0.05) is 21.1 Å². The van der Waals surface area contributed by atoms with E-state index in [2.05, 4.69) is 33.9 Å². The maximum Gasteiger partial charge on any atom is 0.267 e. The molecule has 3 aromatic rings. The molecule has 0 unspecified atom stereocenters. The maximum absolute atomic E-state index is 11.3. The number of carbonyl (C=O) groups excluding carboxylic acids is 1. The average molecular weight is 336 g/mol. The first-order chi connectivity index (χ1) is 9.06. The average Bonchev–Trinajstić information content (AvgIpc) is 2.91. The van der Waals surface area contributed by atoms with E-state index >= 15 is 0 Å². The van der Waals surface area contributed by atoms with Crippen molar-refractivity contribution in [1.29, 1.82) is 0 Å². The molecule has 2 N–H and O–H groups in total. The molecule has 0 aliphatic heterocycles. The Hall–Kier alpha value is -1.66. The van der Waals surface area contributed by atoms with E-state index in [0.29, 0.717) is 11.3 Å². The number of imidazole rings is 1. The molecule has 3 heterocycles. The Morgan fingerprint density at radius 1 is 1.47 bits per heavy atom. The van der Waals surface area contributed by atoms with Crippen molar-refractivity contribution >= 4 is 38.8 Å². The fourth-order valence-corrected chi connectivity index (χ4v) is 3.84. The summed E-state index contributed by atoms with van der Waals surface area (Å²) in [5, 5.41) is 0. The molecule has 96 valence electrons. The van der Waals surface area contributed by atoms with Gasteiger partial charge in [-0.25, -0.2) is 4.98 Å². The second-order valence-electron chi connectivity index (χ2n) is 4.19. The lowest BCUT2D eigenvalue weighted by atomic mass is 10.2. The second kappa shape index (κ2) is 4.47. The summed E-state index contributed by atoms with van der Waals surface area (Å²) in [6.07, 6.45) is 3.38. The molecule has 0 fully saturated rings. The van der Waals surface area contributed by atoms with E-state index in [4.69, 9.17) is 5.73 Å². The molecule has 0 atom stereocenters. The molecular formula is C13H10BrN3OS. The monoisotopic (exact) mass is 335 g/mol. The number of nitrogens with zero attached hydrogens (tertiary/aromatic N) is 2. The van der Waals surface area contributed by atoms with Crippen LogP contribution in [0.5, 0.6) is 0 Å². The van der Waals surface area contributed by atoms with Crippen LogP contribution in [0.25, 0.3) is 16.1 Å². The number of aryl methyl sites for hydroxylation is 1. The fraction of sp³-hybridized carbons (Fsp3) is 0.0769. The van der Waals surface area contributed by atoms with Crippen molar-refractivity contribution in [3.05, 3.63) is 45.6 Å². The summed E-state index contributed by atoms with van der Waals surface area (Å²) in [5.74, 6) is -0.480. The minimum Gasteiger partial charge on any atom is -0.364 e. The maximum atomic E-state index is 11.3. The molecule has 3 rings (SSSR count). The van der Waals surface area contributed by atoms with Gasteiger partial charge in [0.25, 0.3) is 5.91 Å². The van der Waals surface area contributed by atoms with Crippen LogP contribution in [0.1, 0.15) is 15.4 Å². The van der Waals surface area contributed by atoms with E-state index < -0.39 is 5.91 Å². The number of aromatic nitrogens is 2. The van der Waals surface area contributed by atoms with Gasteiger partial charge in [-0.1, -0.05) is 0 Å². The number of halogens is 1. The Morgan fingerprint density at radius 2 is 2.26 bits per heavy atom. The van der Waals surface area contributed by atoms with Gasteiger partial charge >= 0.3 is 0 Å². The summed E-state index contributed by atoms with van der Waals surface area (Å²) in [5.41, 5.74) is 7.47. The van der Waals surface area contributed by atoms with Crippen molar-refractivity contribution in [1.82, 2.24) is 9.38 Å². The van der Waals surface area contributed by atoms with Gasteiger partial charge in [0.1, 0.15) is 11.3 Å². The normalized spacial score (nSPS) is 11.1. The van der Waals surface area contributed by atoms with Crippen molar-refractivity contribution in [3.8, 4) is 10.4 Å². The predicted molar refractivity (Wildman–Crippen MR) is 79.5 cm³/mol. The lowest BCUT2D eigenvalue weighted by molar-refractivity contribution is 0.0995. The molecule has 0 bridgehead atoms. The molecule has 3 aromatic heterocycles. The van der Waals surface area contributed by atoms with Crippen LogP contribution in [0.2, 0.25) is 0 Å². The molecule has 0 saturated carbocycles. The van der Waals surface area contributed by atoms with E-state index in [-0.39, 0.29) is 0 Å². The number of hydrogen-bond donors (Lipinski definition) is 1. The lowest BCUT2D eigenvalue weighted by Crippen LogP contribution is -2.13. The van der Waals surface area contributed by atoms with Crippen LogP contribution in [0.4, 0.5) is 0 Å². The molecule has 0 aliphatic rings. The third kappa shape index (κ3) is 2.06. The number of hydrogen-bond acceptors (Lipinski definition) is 3. The molecule has 19 heavy (non-hydrogen) atoms. The van der Waals surface area contributed by atoms with Crippen LogP contribution >= 0.6 is 27.3 Å². The number of fused-ring (bicyclic) bond motifs is 1. The summed E-state index contributed by atoms with van der Waals surface area (Å²) in [6.45, 7) is 2.06. The molecular weight excluding hydrogens is 326 g/mol. The van der Waals surface area contributed by atoms with Crippen LogP contribution in [0.3, 0.4) is 0 Å². The highest BCUT2D eigenvalue weighted by Crippen LogP contribution is 2.36. The largest absolute Gasteiger partial charge is 0.364 e. The zero-order valence-corrected chi connectivity index (χ0v) is 12.5. The summed E-state index contributed by atoms with van der Waals surface area (Å²) >= 11 is 5.25. The first-order valence-corrected chi connectivity index (χ1v) is 7.20. The molecule has 0 aromatic carbocycles. The van der Waals surface area contributed by atoms with Crippen molar-refractivity contribution in [3.63, 3.8) is 0 Å². The summed E-state index contributed by atoms with van der Waals surface area (Å²) in [4.78, 5) is 17.9. The first-order valence-electron chi connectivity index (χ1n) is 5.59. The number of rotatable bonds is 2. The van der Waals surface area contributed by atoms with Gasteiger partial charge in [-0.2, -0.15) is 0 Å². The predicted octanol–water partition coefficient (Wildman–Crippen LogP) is 3.23. The number of thiophene rings is 1. The molecule has 4 nitrogen and oxygen atoms in total. The Kier molecular flexibility index (Phi) is 2.91. The van der Waals surface area contributed by atoms with Crippen molar-refractivity contribution in [2.45, 2.75) is 6.92 Å². The second-order valence-corrected chi connectivity index (χ2v) is 6.30. The van der Waals surface area contributed by atoms with Crippen LogP contribution in [0.15, 0.2) is 35.1 Å². The molecule has 0 radical (unpaired) electrons. The van der Waals surface area contributed by atoms with E-state index in [0.717, 1.165) is 14.9 Å². The van der Waals surface area contributed by atoms with E-state index in [1.165, 1.54) is 11.1 Å². The van der Waals surface area contributed by atoms with Gasteiger partial charge in [0.05, 0.1) is 11.1 Å². The SMILES string of the molecule is Cc1cc(Br)c(-c2ccc3ncc(C(N)=O)n3c2)s1. The number of nitrogens with two attached hydrogens (primary N) is 1. The zero-order chi connectivity index (χ0) is 13.6. The third-order valence-corrected chi connectivity index (χ3v) is 4.82. The highest BCUT2D eigenvalue weighted by Gasteiger charge is 2.12. The third-order valence-electron chi connectivity index (χ3n) is 2.83. The minimum absolute atomic E-state index is 0.390. The molecule has 0 spiro atoms. The molecule has 1 amide bonds. The van der Waals surface area contributed by atoms with Crippen molar-refractivity contribution in [2.24, 2.45) is 5.73 Å². The summed E-state index contributed by atoms with van der Waals surface area (Å²) in [6, 6.07) is 5.94. The van der Waals surface area contributed by atoms with Gasteiger partial charge < -0.3 is 5.73 Å². The number of amides is 1. The molecule has 0 aliphatic carbocycles. The standard InChI is InChI=1S/C13H10BrN3OS/c1-7-4-9(14)12(19-7)8-2-3-11-16-5-10(13(15)18)17(11)6-8/h2-6H,1H3,(H2,15,18). The van der Waals surface area contributed by atoms with Crippen molar-refractivity contribution in [2.75, 3.05) is 0 Å². The molecule has 6 heteroatoms. The van der Waals surface area contributed by atoms with E-state index in [1.54, 1.807) is 15.7 Å². The Labute approximate surface area is 122 Å². The van der Waals surface area contributed by atoms with Crippen molar-refractivity contribution < 1.29 is 4.79 Å². The van der Waals surface area contributed by atoms with Gasteiger partial charge in [0.2, 0.25) is 0 Å². The zero-order valence-electron chi connectivity index (χ0n) is 10.1. The van der Waals surface area contributed by atoms with Crippen LogP contribution in [-0.4, -0.2) is 15.3 Å². The van der Waals surface area contributed by atoms with Gasteiger partial charge in [-0.15, -0.1) is 11.3 Å². The Bertz CT molecular complexity index is 790. The topological polar surface area (TPSA) is 60.4 Å². The van der Waals surface area contributed by atoms with Gasteiger partial charge in [-0.05, 0) is 41.1 Å². The molecule has 0 saturated heterocycles. The van der Waals surface area contributed by atoms with E-state index in [1.807, 2.05) is 18.3 Å². The minimum atomic E-state index is -0.480. The number of carbonyl (C=O) groups is 1. The highest BCUT2D eigenvalue weighted by molar-refractivity contribution is 9.10. The number of primary amides is 1. The van der Waals surface area contributed by atoms with Gasteiger partial charge in [-0.3, -0.25) is 9.20 Å². The highest BCUT2D eigenvalue weighted by atomic mass is 79.9. The van der Waals surface area contributed by atoms with Crippen LogP contribution < -0.4 is 5.73 Å². The van der Waals surface area contributed by atoms with Crippen LogP contribution in [0, 0.1) is 6.92 Å². The smallest absolute Gasteiger partial charge is 0.267 e. The first kappa shape index (κ1) is 12.4. The van der Waals surface area contributed by atoms with Crippen LogP contribution in [-0.2, 0) is 0 Å². The number of pyridine rings is 1. The Balaban J connectivity index is 2.23. The Morgan fingerprint density at radius 3 is 2.89 bits per heavy atom. The fourth-order valence-electron chi connectivity index (χ4n) is 1.98. The summed E-state index contributed by atoms with van der Waals surface area (Å²) in [7, 11) is 0. The van der Waals surface area contributed by atoms with Gasteiger partial charge in [0.15, 0.2) is 0 Å². The lowest BCUT2D eigenvalue weighted by Gasteiger charge is -2.02.